The lowest BCUT2D eigenvalue weighted by Gasteiger charge is -2.11. The molecule has 0 saturated carbocycles. The number of nitrogens with two attached hydrogens (primary N) is 1. The van der Waals surface area contributed by atoms with Gasteiger partial charge in [-0.25, -0.2) is 4.79 Å². The zero-order chi connectivity index (χ0) is 10.4. The summed E-state index contributed by atoms with van der Waals surface area (Å²) >= 11 is 0. The first-order valence-electron chi connectivity index (χ1n) is 3.93. The Bertz CT molecular complexity index is 195. The van der Waals surface area contributed by atoms with Crippen LogP contribution in [0.5, 0.6) is 0 Å². The minimum atomic E-state index is -1.58. The summed E-state index contributed by atoms with van der Waals surface area (Å²) in [5, 5.41) is 19.3. The number of aliphatic hydroxyl groups excluding tert-OH is 1. The van der Waals surface area contributed by atoms with Gasteiger partial charge in [-0.2, -0.15) is 0 Å². The fraction of sp³-hybridized carbons (Fsp3) is 0.714. The number of carboxylic acids is 1. The Morgan fingerprint density at radius 3 is 2.46 bits per heavy atom. The molecule has 0 radical (unpaired) electrons. The topological polar surface area (TPSA) is 113 Å². The molecule has 0 rings (SSSR count). The largest absolute Gasteiger partial charge is 0.479 e. The Balaban J connectivity index is 3.76. The SMILES string of the molecule is CC[C@H](N)C(=O)NCC(O)C(=O)O. The second-order valence-electron chi connectivity index (χ2n) is 2.61. The second-order valence-corrected chi connectivity index (χ2v) is 2.61. The number of rotatable bonds is 5. The second kappa shape index (κ2) is 5.50. The van der Waals surface area contributed by atoms with Crippen LogP contribution in [0.25, 0.3) is 0 Å². The van der Waals surface area contributed by atoms with Crippen LogP contribution in [0.15, 0.2) is 0 Å². The third-order valence-corrected chi connectivity index (χ3v) is 1.53. The molecule has 0 aliphatic carbocycles. The van der Waals surface area contributed by atoms with Crippen LogP contribution >= 0.6 is 0 Å². The van der Waals surface area contributed by atoms with Crippen molar-refractivity contribution in [2.45, 2.75) is 25.5 Å². The number of carbonyl (C=O) groups excluding carboxylic acids is 1. The lowest BCUT2D eigenvalue weighted by atomic mass is 10.2. The van der Waals surface area contributed by atoms with E-state index in [1.165, 1.54) is 0 Å². The standard InChI is InChI=1S/C7H14N2O4/c1-2-4(8)6(11)9-3-5(10)7(12)13/h4-5,10H,2-3,8H2,1H3,(H,9,11)(H,12,13)/t4-,5?/m0/s1. The van der Waals surface area contributed by atoms with Gasteiger partial charge in [0.2, 0.25) is 5.91 Å². The third-order valence-electron chi connectivity index (χ3n) is 1.53. The minimum Gasteiger partial charge on any atom is -0.479 e. The maximum Gasteiger partial charge on any atom is 0.334 e. The van der Waals surface area contributed by atoms with Crippen molar-refractivity contribution < 1.29 is 19.8 Å². The molecular formula is C7H14N2O4. The number of hydrogen-bond donors (Lipinski definition) is 4. The molecular weight excluding hydrogens is 176 g/mol. The highest BCUT2D eigenvalue weighted by Crippen LogP contribution is 1.86. The van der Waals surface area contributed by atoms with Gasteiger partial charge in [0.05, 0.1) is 12.6 Å². The molecule has 1 amide bonds. The van der Waals surface area contributed by atoms with E-state index in [2.05, 4.69) is 5.32 Å². The van der Waals surface area contributed by atoms with Gasteiger partial charge in [0.25, 0.3) is 0 Å². The van der Waals surface area contributed by atoms with Gasteiger partial charge < -0.3 is 21.3 Å². The number of amides is 1. The molecule has 0 saturated heterocycles. The highest BCUT2D eigenvalue weighted by molar-refractivity contribution is 5.82. The van der Waals surface area contributed by atoms with Crippen molar-refractivity contribution in [3.05, 3.63) is 0 Å². The molecule has 2 atom stereocenters. The summed E-state index contributed by atoms with van der Waals surface area (Å²) in [5.74, 6) is -1.83. The predicted octanol–water partition coefficient (Wildman–Crippen LogP) is -1.71. The zero-order valence-electron chi connectivity index (χ0n) is 7.36. The summed E-state index contributed by atoms with van der Waals surface area (Å²) in [7, 11) is 0. The van der Waals surface area contributed by atoms with Gasteiger partial charge >= 0.3 is 5.97 Å². The molecule has 0 aliphatic heterocycles. The first kappa shape index (κ1) is 11.9. The van der Waals surface area contributed by atoms with Crippen molar-refractivity contribution >= 4 is 11.9 Å². The molecule has 0 aromatic carbocycles. The van der Waals surface area contributed by atoms with E-state index in [1.807, 2.05) is 0 Å². The molecule has 0 heterocycles. The molecule has 1 unspecified atom stereocenters. The van der Waals surface area contributed by atoms with Gasteiger partial charge in [0.1, 0.15) is 0 Å². The van der Waals surface area contributed by atoms with Crippen LogP contribution < -0.4 is 11.1 Å². The predicted molar refractivity (Wildman–Crippen MR) is 44.9 cm³/mol. The van der Waals surface area contributed by atoms with Crippen LogP contribution in [0.1, 0.15) is 13.3 Å². The molecule has 0 aromatic rings. The van der Waals surface area contributed by atoms with E-state index in [4.69, 9.17) is 15.9 Å². The van der Waals surface area contributed by atoms with Crippen molar-refractivity contribution in [1.29, 1.82) is 0 Å². The van der Waals surface area contributed by atoms with Gasteiger partial charge in [-0.1, -0.05) is 6.92 Å². The van der Waals surface area contributed by atoms with Crippen molar-refractivity contribution in [3.8, 4) is 0 Å². The van der Waals surface area contributed by atoms with Crippen molar-refractivity contribution in [1.82, 2.24) is 5.32 Å². The molecule has 5 N–H and O–H groups in total. The average molecular weight is 190 g/mol. The summed E-state index contributed by atoms with van der Waals surface area (Å²) in [6.07, 6.45) is -1.11. The number of carboxylic acid groups (broad SMARTS) is 1. The van der Waals surface area contributed by atoms with Gasteiger partial charge in [0.15, 0.2) is 6.10 Å². The van der Waals surface area contributed by atoms with E-state index in [0.717, 1.165) is 0 Å². The average Bonchev–Trinajstić information content (AvgIpc) is 2.11. The Kier molecular flexibility index (Phi) is 5.01. The molecule has 76 valence electrons. The fourth-order valence-electron chi connectivity index (χ4n) is 0.601. The van der Waals surface area contributed by atoms with E-state index in [-0.39, 0.29) is 6.54 Å². The Labute approximate surface area is 75.7 Å². The number of hydrogen-bond acceptors (Lipinski definition) is 4. The molecule has 0 spiro atoms. The number of nitrogens with one attached hydrogen (secondary N) is 1. The van der Waals surface area contributed by atoms with Crippen molar-refractivity contribution in [2.75, 3.05) is 6.54 Å². The maximum absolute atomic E-state index is 11.0. The number of carbonyl (C=O) groups is 2. The molecule has 0 bridgehead atoms. The van der Waals surface area contributed by atoms with E-state index in [1.54, 1.807) is 6.92 Å². The summed E-state index contributed by atoms with van der Waals surface area (Å²) in [5.41, 5.74) is 5.34. The van der Waals surface area contributed by atoms with Crippen molar-refractivity contribution in [2.24, 2.45) is 5.73 Å². The summed E-state index contributed by atoms with van der Waals surface area (Å²) < 4.78 is 0. The molecule has 6 nitrogen and oxygen atoms in total. The molecule has 0 fully saturated rings. The van der Waals surface area contributed by atoms with E-state index in [0.29, 0.717) is 6.42 Å². The van der Waals surface area contributed by atoms with Gasteiger partial charge in [-0.3, -0.25) is 4.79 Å². The first-order valence-corrected chi connectivity index (χ1v) is 3.93. The zero-order valence-corrected chi connectivity index (χ0v) is 7.36. The minimum absolute atomic E-state index is 0.318. The molecule has 6 heteroatoms. The van der Waals surface area contributed by atoms with E-state index >= 15 is 0 Å². The number of aliphatic carboxylic acids is 1. The Morgan fingerprint density at radius 2 is 2.08 bits per heavy atom. The highest BCUT2D eigenvalue weighted by atomic mass is 16.4. The third kappa shape index (κ3) is 4.44. The van der Waals surface area contributed by atoms with E-state index in [9.17, 15) is 9.59 Å². The molecule has 0 aliphatic rings. The monoisotopic (exact) mass is 190 g/mol. The molecule has 13 heavy (non-hydrogen) atoms. The maximum atomic E-state index is 11.0. The first-order chi connectivity index (χ1) is 5.99. The number of aliphatic hydroxyl groups is 1. The lowest BCUT2D eigenvalue weighted by molar-refractivity contribution is -0.146. The normalized spacial score (nSPS) is 14.7. The van der Waals surface area contributed by atoms with E-state index < -0.39 is 24.0 Å². The summed E-state index contributed by atoms with van der Waals surface area (Å²) in [6.45, 7) is 1.42. The van der Waals surface area contributed by atoms with Crippen LogP contribution in [-0.2, 0) is 9.59 Å². The van der Waals surface area contributed by atoms with Crippen LogP contribution in [0.4, 0.5) is 0 Å². The van der Waals surface area contributed by atoms with Crippen LogP contribution in [-0.4, -0.2) is 40.8 Å². The lowest BCUT2D eigenvalue weighted by Crippen LogP contribution is -2.44. The molecule has 0 aromatic heterocycles. The Morgan fingerprint density at radius 1 is 1.54 bits per heavy atom. The van der Waals surface area contributed by atoms with Crippen LogP contribution in [0.3, 0.4) is 0 Å². The van der Waals surface area contributed by atoms with Gasteiger partial charge in [0, 0.05) is 0 Å². The summed E-state index contributed by atoms with van der Waals surface area (Å²) in [6, 6.07) is -0.652. The Hall–Kier alpha value is -1.14. The summed E-state index contributed by atoms with van der Waals surface area (Å²) in [4.78, 5) is 21.1. The quantitative estimate of drug-likeness (QED) is 0.412. The van der Waals surface area contributed by atoms with Gasteiger partial charge in [-0.05, 0) is 6.42 Å². The van der Waals surface area contributed by atoms with Gasteiger partial charge in [-0.15, -0.1) is 0 Å². The van der Waals surface area contributed by atoms with Crippen LogP contribution in [0, 0.1) is 0 Å². The van der Waals surface area contributed by atoms with Crippen LogP contribution in [0.2, 0.25) is 0 Å². The smallest absolute Gasteiger partial charge is 0.334 e. The van der Waals surface area contributed by atoms with Crippen molar-refractivity contribution in [3.63, 3.8) is 0 Å². The highest BCUT2D eigenvalue weighted by Gasteiger charge is 2.16. The fourth-order valence-corrected chi connectivity index (χ4v) is 0.601.